The molecule has 4 nitrogen and oxygen atoms in total. The molecule has 3 rings (SSSR count). The molecule has 1 aromatic heterocycles. The first-order chi connectivity index (χ1) is 9.06. The largest absolute Gasteiger partial charge is 0.478 e. The monoisotopic (exact) mass is 260 g/mol. The van der Waals surface area contributed by atoms with Gasteiger partial charge in [0.25, 0.3) is 0 Å². The number of hydrogen-bond acceptors (Lipinski definition) is 2. The summed E-state index contributed by atoms with van der Waals surface area (Å²) in [5.41, 5.74) is 2.03. The maximum absolute atomic E-state index is 13.5. The molecule has 1 N–H and O–H groups in total. The zero-order valence-electron chi connectivity index (χ0n) is 10.4. The van der Waals surface area contributed by atoms with Crippen LogP contribution >= 0.6 is 0 Å². The van der Waals surface area contributed by atoms with E-state index in [0.717, 1.165) is 18.5 Å². The standard InChI is InChI=1S/C14H13FN2O2/c1-8-4-11(15)10(14(18)19)5-13(8)17-6-12(16-7-17)9-2-3-9/h4-7,9H,2-3H2,1H3,(H,18,19). The number of carbonyl (C=O) groups is 1. The minimum absolute atomic E-state index is 0.317. The summed E-state index contributed by atoms with van der Waals surface area (Å²) in [4.78, 5) is 15.3. The highest BCUT2D eigenvalue weighted by molar-refractivity contribution is 5.88. The summed E-state index contributed by atoms with van der Waals surface area (Å²) >= 11 is 0. The topological polar surface area (TPSA) is 55.1 Å². The van der Waals surface area contributed by atoms with Crippen molar-refractivity contribution in [3.63, 3.8) is 0 Å². The number of nitrogens with zero attached hydrogens (tertiary/aromatic N) is 2. The van der Waals surface area contributed by atoms with Crippen LogP contribution in [0.5, 0.6) is 0 Å². The molecular weight excluding hydrogens is 247 g/mol. The molecule has 1 aromatic carbocycles. The second-order valence-electron chi connectivity index (χ2n) is 4.90. The third kappa shape index (κ3) is 2.12. The fourth-order valence-corrected chi connectivity index (χ4v) is 2.16. The first-order valence-electron chi connectivity index (χ1n) is 6.14. The third-order valence-electron chi connectivity index (χ3n) is 3.39. The predicted octanol–water partition coefficient (Wildman–Crippen LogP) is 2.90. The Bertz CT molecular complexity index is 659. The number of aromatic carboxylic acids is 1. The van der Waals surface area contributed by atoms with E-state index in [1.54, 1.807) is 17.8 Å². The van der Waals surface area contributed by atoms with Crippen LogP contribution in [0.2, 0.25) is 0 Å². The van der Waals surface area contributed by atoms with Crippen molar-refractivity contribution in [1.82, 2.24) is 9.55 Å². The van der Waals surface area contributed by atoms with E-state index in [1.807, 2.05) is 6.20 Å². The van der Waals surface area contributed by atoms with Crippen molar-refractivity contribution in [2.45, 2.75) is 25.7 Å². The van der Waals surface area contributed by atoms with Gasteiger partial charge >= 0.3 is 5.97 Å². The predicted molar refractivity (Wildman–Crippen MR) is 67.2 cm³/mol. The Hall–Kier alpha value is -2.17. The minimum Gasteiger partial charge on any atom is -0.478 e. The minimum atomic E-state index is -1.26. The highest BCUT2D eigenvalue weighted by Crippen LogP contribution is 2.39. The lowest BCUT2D eigenvalue weighted by atomic mass is 10.1. The zero-order valence-corrected chi connectivity index (χ0v) is 10.4. The lowest BCUT2D eigenvalue weighted by Crippen LogP contribution is -2.04. The van der Waals surface area contributed by atoms with Gasteiger partial charge < -0.3 is 9.67 Å². The Morgan fingerprint density at radius 2 is 2.21 bits per heavy atom. The average Bonchev–Trinajstić information content (AvgIpc) is 3.08. The lowest BCUT2D eigenvalue weighted by Gasteiger charge is -2.08. The van der Waals surface area contributed by atoms with Gasteiger partial charge in [-0.2, -0.15) is 0 Å². The van der Waals surface area contributed by atoms with Gasteiger partial charge in [-0.15, -0.1) is 0 Å². The van der Waals surface area contributed by atoms with Crippen LogP contribution in [0.15, 0.2) is 24.7 Å². The van der Waals surface area contributed by atoms with E-state index in [4.69, 9.17) is 5.11 Å². The van der Waals surface area contributed by atoms with Crippen LogP contribution in [-0.4, -0.2) is 20.6 Å². The van der Waals surface area contributed by atoms with Gasteiger partial charge in [0, 0.05) is 12.1 Å². The third-order valence-corrected chi connectivity index (χ3v) is 3.39. The van der Waals surface area contributed by atoms with E-state index in [0.29, 0.717) is 17.2 Å². The summed E-state index contributed by atoms with van der Waals surface area (Å²) in [6.45, 7) is 1.75. The zero-order chi connectivity index (χ0) is 13.6. The van der Waals surface area contributed by atoms with Crippen molar-refractivity contribution in [3.8, 4) is 5.69 Å². The Kier molecular flexibility index (Phi) is 2.62. The number of hydrogen-bond donors (Lipinski definition) is 1. The molecule has 1 saturated carbocycles. The number of halogens is 1. The molecule has 5 heteroatoms. The maximum atomic E-state index is 13.5. The van der Waals surface area contributed by atoms with Gasteiger partial charge in [-0.3, -0.25) is 0 Å². The Labute approximate surface area is 109 Å². The van der Waals surface area contributed by atoms with Gasteiger partial charge in [0.05, 0.1) is 23.3 Å². The van der Waals surface area contributed by atoms with Crippen molar-refractivity contribution < 1.29 is 14.3 Å². The van der Waals surface area contributed by atoms with Gasteiger partial charge in [-0.1, -0.05) is 0 Å². The highest BCUT2D eigenvalue weighted by atomic mass is 19.1. The number of aromatic nitrogens is 2. The van der Waals surface area contributed by atoms with Crippen molar-refractivity contribution in [3.05, 3.63) is 47.3 Å². The van der Waals surface area contributed by atoms with Crippen LogP contribution in [0.1, 0.15) is 40.4 Å². The second kappa shape index (κ2) is 4.19. The number of carboxylic acids is 1. The van der Waals surface area contributed by atoms with Crippen molar-refractivity contribution in [1.29, 1.82) is 0 Å². The summed E-state index contributed by atoms with van der Waals surface area (Å²) in [5.74, 6) is -1.45. The normalized spacial score (nSPS) is 14.6. The quantitative estimate of drug-likeness (QED) is 0.923. The van der Waals surface area contributed by atoms with E-state index in [2.05, 4.69) is 4.98 Å². The van der Waals surface area contributed by atoms with Gasteiger partial charge in [-0.05, 0) is 37.5 Å². The lowest BCUT2D eigenvalue weighted by molar-refractivity contribution is 0.0692. The number of benzene rings is 1. The molecule has 1 fully saturated rings. The van der Waals surface area contributed by atoms with E-state index >= 15 is 0 Å². The molecule has 98 valence electrons. The Morgan fingerprint density at radius 1 is 1.47 bits per heavy atom. The summed E-state index contributed by atoms with van der Waals surface area (Å²) in [6, 6.07) is 2.60. The van der Waals surface area contributed by atoms with E-state index in [-0.39, 0.29) is 5.56 Å². The SMILES string of the molecule is Cc1cc(F)c(C(=O)O)cc1-n1cnc(C2CC2)c1. The number of imidazole rings is 1. The van der Waals surface area contributed by atoms with Gasteiger partial charge in [-0.25, -0.2) is 14.2 Å². The Morgan fingerprint density at radius 3 is 2.84 bits per heavy atom. The molecule has 0 amide bonds. The van der Waals surface area contributed by atoms with E-state index in [1.165, 1.54) is 12.1 Å². The molecule has 0 saturated heterocycles. The van der Waals surface area contributed by atoms with Crippen LogP contribution in [0.3, 0.4) is 0 Å². The number of carboxylic acid groups (broad SMARTS) is 1. The second-order valence-corrected chi connectivity index (χ2v) is 4.90. The molecule has 1 aliphatic carbocycles. The number of aryl methyl sites for hydroxylation is 1. The van der Waals surface area contributed by atoms with E-state index in [9.17, 15) is 9.18 Å². The van der Waals surface area contributed by atoms with Crippen molar-refractivity contribution in [2.75, 3.05) is 0 Å². The summed E-state index contributed by atoms with van der Waals surface area (Å²) in [6.07, 6.45) is 5.85. The molecule has 2 aromatic rings. The van der Waals surface area contributed by atoms with Crippen LogP contribution < -0.4 is 0 Å². The Balaban J connectivity index is 2.07. The fourth-order valence-electron chi connectivity index (χ4n) is 2.16. The molecule has 0 radical (unpaired) electrons. The highest BCUT2D eigenvalue weighted by Gasteiger charge is 2.26. The molecule has 1 heterocycles. The first kappa shape index (κ1) is 11.9. The average molecular weight is 260 g/mol. The van der Waals surface area contributed by atoms with E-state index < -0.39 is 11.8 Å². The molecule has 0 bridgehead atoms. The molecule has 19 heavy (non-hydrogen) atoms. The van der Waals surface area contributed by atoms with Gasteiger partial charge in [0.2, 0.25) is 0 Å². The number of rotatable bonds is 3. The fraction of sp³-hybridized carbons (Fsp3) is 0.286. The first-order valence-corrected chi connectivity index (χ1v) is 6.14. The van der Waals surface area contributed by atoms with Crippen LogP contribution in [0.4, 0.5) is 4.39 Å². The maximum Gasteiger partial charge on any atom is 0.338 e. The van der Waals surface area contributed by atoms with Crippen molar-refractivity contribution >= 4 is 5.97 Å². The van der Waals surface area contributed by atoms with Crippen molar-refractivity contribution in [2.24, 2.45) is 0 Å². The van der Waals surface area contributed by atoms with Gasteiger partial charge in [0.1, 0.15) is 5.82 Å². The van der Waals surface area contributed by atoms with Crippen LogP contribution in [0, 0.1) is 12.7 Å². The molecule has 0 aliphatic heterocycles. The van der Waals surface area contributed by atoms with Crippen LogP contribution in [0.25, 0.3) is 5.69 Å². The molecule has 0 atom stereocenters. The van der Waals surface area contributed by atoms with Gasteiger partial charge in [0.15, 0.2) is 0 Å². The molecular formula is C14H13FN2O2. The van der Waals surface area contributed by atoms with Crippen LogP contribution in [-0.2, 0) is 0 Å². The summed E-state index contributed by atoms with van der Waals surface area (Å²) in [7, 11) is 0. The summed E-state index contributed by atoms with van der Waals surface area (Å²) in [5, 5.41) is 8.97. The molecule has 0 spiro atoms. The molecule has 0 unspecified atom stereocenters. The molecule has 1 aliphatic rings. The summed E-state index contributed by atoms with van der Waals surface area (Å²) < 4.78 is 15.3. The smallest absolute Gasteiger partial charge is 0.338 e.